The van der Waals surface area contributed by atoms with Crippen molar-refractivity contribution in [3.63, 3.8) is 0 Å². The minimum absolute atomic E-state index is 0.174. The van der Waals surface area contributed by atoms with E-state index in [0.717, 1.165) is 32.5 Å². The molecule has 2 fully saturated rings. The van der Waals surface area contributed by atoms with Gasteiger partial charge in [0.1, 0.15) is 0 Å². The second-order valence-corrected chi connectivity index (χ2v) is 5.22. The van der Waals surface area contributed by atoms with Crippen molar-refractivity contribution in [2.75, 3.05) is 31.6 Å². The standard InChI is InChI=1S/C13H20N4O2/c18-5-2-12-8-17-7-10(6-11(17)9-19-12)16-13-14-3-1-4-15-13/h1,3-4,10-12,18H,2,5-9H2,(H,14,15,16)/t10-,11+,12+/m1/s1. The van der Waals surface area contributed by atoms with Crippen LogP contribution in [0.25, 0.3) is 0 Å². The van der Waals surface area contributed by atoms with Crippen LogP contribution in [0.15, 0.2) is 18.5 Å². The normalized spacial score (nSPS) is 31.1. The molecule has 1 aromatic heterocycles. The van der Waals surface area contributed by atoms with Gasteiger partial charge < -0.3 is 15.2 Å². The van der Waals surface area contributed by atoms with E-state index in [1.807, 2.05) is 6.07 Å². The van der Waals surface area contributed by atoms with Crippen LogP contribution in [0.1, 0.15) is 12.8 Å². The van der Waals surface area contributed by atoms with Crippen molar-refractivity contribution in [3.8, 4) is 0 Å². The highest BCUT2D eigenvalue weighted by Gasteiger charge is 2.37. The van der Waals surface area contributed by atoms with Crippen LogP contribution < -0.4 is 5.32 Å². The summed E-state index contributed by atoms with van der Waals surface area (Å²) >= 11 is 0. The monoisotopic (exact) mass is 264 g/mol. The molecule has 3 atom stereocenters. The number of nitrogens with one attached hydrogen (secondary N) is 1. The molecule has 6 heteroatoms. The highest BCUT2D eigenvalue weighted by atomic mass is 16.5. The highest BCUT2D eigenvalue weighted by Crippen LogP contribution is 2.25. The maximum Gasteiger partial charge on any atom is 0.222 e. The second-order valence-electron chi connectivity index (χ2n) is 5.22. The van der Waals surface area contributed by atoms with Gasteiger partial charge in [0.15, 0.2) is 0 Å². The van der Waals surface area contributed by atoms with Gasteiger partial charge in [0.05, 0.1) is 12.7 Å². The van der Waals surface area contributed by atoms with Gasteiger partial charge >= 0.3 is 0 Å². The number of nitrogens with zero attached hydrogens (tertiary/aromatic N) is 3. The summed E-state index contributed by atoms with van der Waals surface area (Å²) < 4.78 is 5.77. The number of ether oxygens (including phenoxy) is 1. The van der Waals surface area contributed by atoms with Crippen molar-refractivity contribution < 1.29 is 9.84 Å². The molecule has 0 amide bonds. The van der Waals surface area contributed by atoms with Gasteiger partial charge in [-0.15, -0.1) is 0 Å². The molecule has 1 aromatic rings. The predicted octanol–water partition coefficient (Wildman–Crippen LogP) is 0.113. The van der Waals surface area contributed by atoms with E-state index in [2.05, 4.69) is 20.2 Å². The largest absolute Gasteiger partial charge is 0.396 e. The van der Waals surface area contributed by atoms with E-state index in [0.29, 0.717) is 18.0 Å². The number of rotatable bonds is 4. The molecule has 2 aliphatic rings. The van der Waals surface area contributed by atoms with E-state index >= 15 is 0 Å². The second kappa shape index (κ2) is 5.81. The maximum atomic E-state index is 8.98. The fourth-order valence-corrected chi connectivity index (χ4v) is 2.92. The number of morpholine rings is 1. The average Bonchev–Trinajstić information content (AvgIpc) is 2.82. The van der Waals surface area contributed by atoms with Gasteiger partial charge in [-0.05, 0) is 18.9 Å². The molecule has 0 radical (unpaired) electrons. The molecule has 2 N–H and O–H groups in total. The molecule has 0 bridgehead atoms. The molecule has 2 saturated heterocycles. The molecule has 104 valence electrons. The third-order valence-electron chi connectivity index (χ3n) is 3.84. The van der Waals surface area contributed by atoms with Crippen LogP contribution in [0, 0.1) is 0 Å². The van der Waals surface area contributed by atoms with Crippen molar-refractivity contribution in [2.45, 2.75) is 31.0 Å². The summed E-state index contributed by atoms with van der Waals surface area (Å²) in [6.45, 7) is 2.87. The van der Waals surface area contributed by atoms with Crippen LogP contribution in [-0.2, 0) is 4.74 Å². The molecule has 3 heterocycles. The minimum Gasteiger partial charge on any atom is -0.396 e. The fourth-order valence-electron chi connectivity index (χ4n) is 2.92. The van der Waals surface area contributed by atoms with Gasteiger partial charge in [-0.1, -0.05) is 0 Å². The van der Waals surface area contributed by atoms with Crippen LogP contribution in [0.3, 0.4) is 0 Å². The molecule has 3 rings (SSSR count). The molecule has 0 saturated carbocycles. The number of fused-ring (bicyclic) bond motifs is 1. The van der Waals surface area contributed by atoms with Gasteiger partial charge in [0, 0.05) is 44.2 Å². The van der Waals surface area contributed by atoms with E-state index in [-0.39, 0.29) is 12.7 Å². The van der Waals surface area contributed by atoms with Gasteiger partial charge in [-0.3, -0.25) is 4.90 Å². The zero-order valence-corrected chi connectivity index (χ0v) is 10.9. The summed E-state index contributed by atoms with van der Waals surface area (Å²) in [6, 6.07) is 2.68. The van der Waals surface area contributed by atoms with Gasteiger partial charge in [0.25, 0.3) is 0 Å². The average molecular weight is 264 g/mol. The lowest BCUT2D eigenvalue weighted by Gasteiger charge is -2.34. The SMILES string of the molecule is OCC[C@H]1CN2C[C@H](Nc3ncccn3)C[C@H]2CO1. The van der Waals surface area contributed by atoms with E-state index in [4.69, 9.17) is 9.84 Å². The topological polar surface area (TPSA) is 70.5 Å². The predicted molar refractivity (Wildman–Crippen MR) is 70.9 cm³/mol. The Balaban J connectivity index is 1.55. The third-order valence-corrected chi connectivity index (χ3v) is 3.84. The van der Waals surface area contributed by atoms with Crippen LogP contribution in [-0.4, -0.2) is 64.5 Å². The van der Waals surface area contributed by atoms with E-state index in [1.165, 1.54) is 0 Å². The summed E-state index contributed by atoms with van der Waals surface area (Å²) in [7, 11) is 0. The number of aromatic nitrogens is 2. The molecule has 0 aromatic carbocycles. The van der Waals surface area contributed by atoms with E-state index < -0.39 is 0 Å². The first-order chi connectivity index (χ1) is 9.35. The Morgan fingerprint density at radius 3 is 3.00 bits per heavy atom. The Morgan fingerprint density at radius 2 is 2.21 bits per heavy atom. The van der Waals surface area contributed by atoms with Crippen molar-refractivity contribution >= 4 is 5.95 Å². The lowest BCUT2D eigenvalue weighted by Crippen LogP contribution is -2.46. The van der Waals surface area contributed by atoms with E-state index in [9.17, 15) is 0 Å². The first-order valence-electron chi connectivity index (χ1n) is 6.85. The van der Waals surface area contributed by atoms with Crippen LogP contribution in [0.5, 0.6) is 0 Å². The minimum atomic E-state index is 0.174. The van der Waals surface area contributed by atoms with Crippen molar-refractivity contribution in [3.05, 3.63) is 18.5 Å². The molecule has 19 heavy (non-hydrogen) atoms. The molecule has 6 nitrogen and oxygen atoms in total. The molecule has 2 aliphatic heterocycles. The van der Waals surface area contributed by atoms with Crippen LogP contribution in [0.2, 0.25) is 0 Å². The summed E-state index contributed by atoms with van der Waals surface area (Å²) in [5.41, 5.74) is 0. The molecular weight excluding hydrogens is 244 g/mol. The van der Waals surface area contributed by atoms with Gasteiger partial charge in [-0.2, -0.15) is 0 Å². The lowest BCUT2D eigenvalue weighted by molar-refractivity contribution is -0.0566. The van der Waals surface area contributed by atoms with Crippen molar-refractivity contribution in [1.29, 1.82) is 0 Å². The zero-order valence-electron chi connectivity index (χ0n) is 10.9. The smallest absolute Gasteiger partial charge is 0.222 e. The summed E-state index contributed by atoms with van der Waals surface area (Å²) in [5.74, 6) is 0.695. The van der Waals surface area contributed by atoms with Crippen molar-refractivity contribution in [2.24, 2.45) is 0 Å². The Kier molecular flexibility index (Phi) is 3.91. The summed E-state index contributed by atoms with van der Waals surface area (Å²) in [6.07, 6.45) is 5.46. The first kappa shape index (κ1) is 12.8. The number of aliphatic hydroxyl groups excluding tert-OH is 1. The molecular formula is C13H20N4O2. The summed E-state index contributed by atoms with van der Waals surface area (Å²) in [5, 5.41) is 12.4. The van der Waals surface area contributed by atoms with Gasteiger partial charge in [0.2, 0.25) is 5.95 Å². The molecule has 0 aliphatic carbocycles. The molecule has 0 unspecified atom stereocenters. The molecule has 0 spiro atoms. The zero-order chi connectivity index (χ0) is 13.1. The number of anilines is 1. The third kappa shape index (κ3) is 3.02. The number of hydrogen-bond acceptors (Lipinski definition) is 6. The Labute approximate surface area is 112 Å². The van der Waals surface area contributed by atoms with Crippen molar-refractivity contribution in [1.82, 2.24) is 14.9 Å². The lowest BCUT2D eigenvalue weighted by atomic mass is 10.1. The Bertz CT molecular complexity index is 403. The Morgan fingerprint density at radius 1 is 1.37 bits per heavy atom. The van der Waals surface area contributed by atoms with Gasteiger partial charge in [-0.25, -0.2) is 9.97 Å². The quantitative estimate of drug-likeness (QED) is 0.804. The van der Waals surface area contributed by atoms with Crippen LogP contribution in [0.4, 0.5) is 5.95 Å². The highest BCUT2D eigenvalue weighted by molar-refractivity contribution is 5.25. The number of hydrogen-bond donors (Lipinski definition) is 2. The van der Waals surface area contributed by atoms with E-state index in [1.54, 1.807) is 12.4 Å². The Hall–Kier alpha value is -1.24. The maximum absolute atomic E-state index is 8.98. The van der Waals surface area contributed by atoms with Crippen LogP contribution >= 0.6 is 0 Å². The number of aliphatic hydroxyl groups is 1. The fraction of sp³-hybridized carbons (Fsp3) is 0.692. The first-order valence-corrected chi connectivity index (χ1v) is 6.85. The summed E-state index contributed by atoms with van der Waals surface area (Å²) in [4.78, 5) is 10.8.